The highest BCUT2D eigenvalue weighted by Crippen LogP contribution is 2.24. The third-order valence-electron chi connectivity index (χ3n) is 4.27. The number of ether oxygens (including phenoxy) is 2. The lowest BCUT2D eigenvalue weighted by atomic mass is 10.1. The molecule has 1 N–H and O–H groups in total. The summed E-state index contributed by atoms with van der Waals surface area (Å²) in [6.45, 7) is 3.46. The van der Waals surface area contributed by atoms with E-state index in [-0.39, 0.29) is 24.6 Å². The van der Waals surface area contributed by atoms with E-state index in [9.17, 15) is 14.4 Å². The van der Waals surface area contributed by atoms with E-state index in [0.717, 1.165) is 0 Å². The number of nitrogens with one attached hydrogen (secondary N) is 1. The van der Waals surface area contributed by atoms with Gasteiger partial charge in [0.15, 0.2) is 6.10 Å². The van der Waals surface area contributed by atoms with Gasteiger partial charge in [-0.3, -0.25) is 9.59 Å². The first-order chi connectivity index (χ1) is 14.0. The second kappa shape index (κ2) is 9.05. The zero-order chi connectivity index (χ0) is 20.8. The van der Waals surface area contributed by atoms with Crippen molar-refractivity contribution in [2.75, 3.05) is 11.9 Å². The van der Waals surface area contributed by atoms with Gasteiger partial charge in [-0.1, -0.05) is 24.3 Å². The van der Waals surface area contributed by atoms with Crippen LogP contribution in [-0.4, -0.2) is 29.2 Å². The summed E-state index contributed by atoms with van der Waals surface area (Å²) in [4.78, 5) is 36.9. The van der Waals surface area contributed by atoms with Gasteiger partial charge in [0.25, 0.3) is 5.56 Å². The number of hydrogen-bond acceptors (Lipinski definition) is 5. The second-order valence-electron chi connectivity index (χ2n) is 6.39. The Bertz CT molecular complexity index is 1080. The highest BCUT2D eigenvalue weighted by Gasteiger charge is 2.18. The van der Waals surface area contributed by atoms with Crippen LogP contribution in [0.4, 0.5) is 5.69 Å². The van der Waals surface area contributed by atoms with Crippen LogP contribution in [0.3, 0.4) is 0 Å². The lowest BCUT2D eigenvalue weighted by molar-refractivity contribution is -0.150. The monoisotopic (exact) mass is 394 g/mol. The molecule has 0 aliphatic carbocycles. The average Bonchev–Trinajstić information content (AvgIpc) is 2.71. The van der Waals surface area contributed by atoms with Crippen molar-refractivity contribution in [2.45, 2.75) is 26.5 Å². The molecule has 3 rings (SSSR count). The molecule has 0 fully saturated rings. The van der Waals surface area contributed by atoms with Crippen LogP contribution in [0.1, 0.15) is 13.8 Å². The minimum Gasteiger partial charge on any atom is -0.478 e. The Labute approximate surface area is 167 Å². The zero-order valence-corrected chi connectivity index (χ0v) is 16.3. The number of amides is 1. The van der Waals surface area contributed by atoms with Gasteiger partial charge in [0.2, 0.25) is 5.91 Å². The summed E-state index contributed by atoms with van der Waals surface area (Å²) in [5, 5.41) is 3.71. The fourth-order valence-electron chi connectivity index (χ4n) is 2.89. The van der Waals surface area contributed by atoms with Crippen molar-refractivity contribution >= 4 is 28.3 Å². The summed E-state index contributed by atoms with van der Waals surface area (Å²) >= 11 is 0. The van der Waals surface area contributed by atoms with Gasteiger partial charge in [-0.2, -0.15) is 0 Å². The molecule has 0 aliphatic heterocycles. The second-order valence-corrected chi connectivity index (χ2v) is 6.39. The molecule has 7 heteroatoms. The average molecular weight is 394 g/mol. The van der Waals surface area contributed by atoms with E-state index >= 15 is 0 Å². The van der Waals surface area contributed by atoms with Gasteiger partial charge < -0.3 is 19.4 Å². The molecule has 0 saturated heterocycles. The van der Waals surface area contributed by atoms with Crippen molar-refractivity contribution < 1.29 is 19.1 Å². The molecule has 1 aromatic heterocycles. The first-order valence-corrected chi connectivity index (χ1v) is 9.30. The van der Waals surface area contributed by atoms with Crippen molar-refractivity contribution in [2.24, 2.45) is 0 Å². The van der Waals surface area contributed by atoms with Gasteiger partial charge in [-0.15, -0.1) is 0 Å². The largest absolute Gasteiger partial charge is 0.478 e. The molecule has 1 amide bonds. The summed E-state index contributed by atoms with van der Waals surface area (Å²) in [5.41, 5.74) is 0.343. The molecule has 0 unspecified atom stereocenters. The number of rotatable bonds is 7. The fraction of sp³-hybridized carbons (Fsp3) is 0.227. The van der Waals surface area contributed by atoms with Crippen LogP contribution < -0.4 is 15.6 Å². The van der Waals surface area contributed by atoms with Gasteiger partial charge in [0.1, 0.15) is 12.3 Å². The topological polar surface area (TPSA) is 86.6 Å². The van der Waals surface area contributed by atoms with E-state index in [1.807, 2.05) is 18.2 Å². The van der Waals surface area contributed by atoms with Crippen molar-refractivity contribution in [1.29, 1.82) is 0 Å². The molecule has 0 bridgehead atoms. The number of nitrogens with zero attached hydrogens (tertiary/aromatic N) is 1. The molecule has 0 saturated carbocycles. The number of hydrogen-bond donors (Lipinski definition) is 1. The number of para-hydroxylation sites is 1. The summed E-state index contributed by atoms with van der Waals surface area (Å²) in [6.07, 6.45) is 0.733. The van der Waals surface area contributed by atoms with E-state index in [1.165, 1.54) is 10.8 Å². The highest BCUT2D eigenvalue weighted by molar-refractivity contribution is 5.91. The number of anilines is 1. The van der Waals surface area contributed by atoms with Crippen LogP contribution in [-0.2, 0) is 20.9 Å². The van der Waals surface area contributed by atoms with Crippen molar-refractivity contribution in [3.8, 4) is 5.75 Å². The number of esters is 1. The lowest BCUT2D eigenvalue weighted by Crippen LogP contribution is -2.28. The van der Waals surface area contributed by atoms with E-state index in [1.54, 1.807) is 50.2 Å². The van der Waals surface area contributed by atoms with Crippen LogP contribution in [0.5, 0.6) is 5.75 Å². The maximum atomic E-state index is 12.8. The van der Waals surface area contributed by atoms with Crippen molar-refractivity contribution in [1.82, 2.24) is 4.57 Å². The number of carbonyl (C=O) groups excluding carboxylic acids is 2. The number of carbonyl (C=O) groups is 2. The molecule has 150 valence electrons. The van der Waals surface area contributed by atoms with Crippen LogP contribution in [0, 0.1) is 0 Å². The zero-order valence-electron chi connectivity index (χ0n) is 16.3. The van der Waals surface area contributed by atoms with E-state index in [4.69, 9.17) is 9.47 Å². The highest BCUT2D eigenvalue weighted by atomic mass is 16.6. The molecular weight excluding hydrogens is 372 g/mol. The molecule has 0 spiro atoms. The maximum Gasteiger partial charge on any atom is 0.347 e. The molecular formula is C22H22N2O5. The summed E-state index contributed by atoms with van der Waals surface area (Å²) in [6, 6.07) is 15.7. The van der Waals surface area contributed by atoms with Gasteiger partial charge >= 0.3 is 5.97 Å². The molecule has 1 heterocycles. The molecule has 0 radical (unpaired) electrons. The van der Waals surface area contributed by atoms with Gasteiger partial charge in [-0.05, 0) is 44.2 Å². The molecule has 29 heavy (non-hydrogen) atoms. The van der Waals surface area contributed by atoms with E-state index in [2.05, 4.69) is 5.32 Å². The Morgan fingerprint density at radius 3 is 2.52 bits per heavy atom. The van der Waals surface area contributed by atoms with Crippen LogP contribution >= 0.6 is 0 Å². The molecule has 2 aromatic carbocycles. The SMILES string of the molecule is CCOC(=O)[C@H](C)Oc1cccc2c(=O)n(CC(=O)Nc3ccccc3)ccc12. The smallest absolute Gasteiger partial charge is 0.347 e. The minimum absolute atomic E-state index is 0.117. The Kier molecular flexibility index (Phi) is 6.29. The Balaban J connectivity index is 1.82. The molecule has 1 atom stereocenters. The lowest BCUT2D eigenvalue weighted by Gasteiger charge is -2.15. The molecule has 0 aliphatic rings. The Morgan fingerprint density at radius 2 is 1.79 bits per heavy atom. The van der Waals surface area contributed by atoms with Crippen molar-refractivity contribution in [3.05, 3.63) is 71.1 Å². The van der Waals surface area contributed by atoms with Crippen molar-refractivity contribution in [3.63, 3.8) is 0 Å². The number of fused-ring (bicyclic) bond motifs is 1. The molecule has 3 aromatic rings. The Hall–Kier alpha value is -3.61. The normalized spacial score (nSPS) is 11.7. The van der Waals surface area contributed by atoms with Gasteiger partial charge in [0.05, 0.1) is 12.0 Å². The van der Waals surface area contributed by atoms with Crippen LogP contribution in [0.15, 0.2) is 65.6 Å². The quantitative estimate of drug-likeness (QED) is 0.623. The predicted octanol–water partition coefficient (Wildman–Crippen LogP) is 2.97. The van der Waals surface area contributed by atoms with Crippen LogP contribution in [0.2, 0.25) is 0 Å². The number of benzene rings is 2. The first-order valence-electron chi connectivity index (χ1n) is 9.30. The maximum absolute atomic E-state index is 12.8. The van der Waals surface area contributed by atoms with Gasteiger partial charge in [-0.25, -0.2) is 4.79 Å². The number of aromatic nitrogens is 1. The van der Waals surface area contributed by atoms with E-state index < -0.39 is 12.1 Å². The Morgan fingerprint density at radius 1 is 1.03 bits per heavy atom. The standard InChI is InChI=1S/C22H22N2O5/c1-3-28-22(27)15(2)29-19-11-7-10-18-17(19)12-13-24(21(18)26)14-20(25)23-16-8-5-4-6-9-16/h4-13,15H,3,14H2,1-2H3,(H,23,25)/t15-/m0/s1. The first kappa shape index (κ1) is 20.1. The molecule has 7 nitrogen and oxygen atoms in total. The summed E-state index contributed by atoms with van der Waals surface area (Å²) in [5.74, 6) is -0.377. The third kappa shape index (κ3) is 4.82. The fourth-order valence-corrected chi connectivity index (χ4v) is 2.89. The van der Waals surface area contributed by atoms with Crippen LogP contribution in [0.25, 0.3) is 10.8 Å². The van der Waals surface area contributed by atoms with Gasteiger partial charge in [0, 0.05) is 17.3 Å². The summed E-state index contributed by atoms with van der Waals surface area (Å²) < 4.78 is 12.0. The minimum atomic E-state index is -0.806. The predicted molar refractivity (Wildman–Crippen MR) is 110 cm³/mol. The summed E-state index contributed by atoms with van der Waals surface area (Å²) in [7, 11) is 0. The number of pyridine rings is 1. The third-order valence-corrected chi connectivity index (χ3v) is 4.27. The van der Waals surface area contributed by atoms with E-state index in [0.29, 0.717) is 22.2 Å².